The molecule has 0 radical (unpaired) electrons. The van der Waals surface area contributed by atoms with E-state index in [-0.39, 0.29) is 18.0 Å². The normalized spacial score (nSPS) is 10.7. The Morgan fingerprint density at radius 1 is 1.19 bits per heavy atom. The monoisotopic (exact) mass is 285 g/mol. The fourth-order valence-electron chi connectivity index (χ4n) is 2.19. The maximum Gasteiger partial charge on any atom is 0.337 e. The zero-order valence-electron chi connectivity index (χ0n) is 11.0. The number of carboxylic acids is 1. The molecule has 1 aromatic heterocycles. The molecule has 0 atom stereocenters. The first-order valence-corrected chi connectivity index (χ1v) is 6.36. The predicted octanol–water partition coefficient (Wildman–Crippen LogP) is 3.58. The molecule has 4 nitrogen and oxygen atoms in total. The molecule has 3 rings (SSSR count). The molecular weight excluding hydrogens is 273 g/mol. The van der Waals surface area contributed by atoms with Crippen molar-refractivity contribution in [2.24, 2.45) is 0 Å². The number of halogens is 1. The molecule has 0 bridgehead atoms. The van der Waals surface area contributed by atoms with Crippen molar-refractivity contribution in [2.75, 3.05) is 0 Å². The highest BCUT2D eigenvalue weighted by atomic mass is 19.1. The van der Waals surface area contributed by atoms with Crippen LogP contribution in [-0.4, -0.2) is 16.1 Å². The van der Waals surface area contributed by atoms with Crippen molar-refractivity contribution >= 4 is 16.9 Å². The number of aromatic nitrogens is 1. The Morgan fingerprint density at radius 3 is 2.76 bits per heavy atom. The summed E-state index contributed by atoms with van der Waals surface area (Å²) >= 11 is 0. The molecule has 0 aliphatic heterocycles. The van der Waals surface area contributed by atoms with Crippen molar-refractivity contribution in [1.29, 1.82) is 0 Å². The van der Waals surface area contributed by atoms with Gasteiger partial charge in [0.05, 0.1) is 16.8 Å². The quantitative estimate of drug-likeness (QED) is 0.770. The maximum atomic E-state index is 13.0. The Morgan fingerprint density at radius 2 is 2.00 bits per heavy atom. The van der Waals surface area contributed by atoms with Gasteiger partial charge in [0, 0.05) is 11.5 Å². The summed E-state index contributed by atoms with van der Waals surface area (Å²) in [5.74, 6) is -0.926. The number of H-pyrrole nitrogens is 1. The third-order valence-electron chi connectivity index (χ3n) is 3.13. The highest BCUT2D eigenvalue weighted by Gasteiger charge is 2.11. The molecule has 2 aromatic carbocycles. The lowest BCUT2D eigenvalue weighted by atomic mass is 10.1. The lowest BCUT2D eigenvalue weighted by Crippen LogP contribution is -1.98. The van der Waals surface area contributed by atoms with Crippen LogP contribution in [0.3, 0.4) is 0 Å². The number of hydrogen-bond donors (Lipinski definition) is 2. The number of aromatic amines is 1. The third kappa shape index (κ3) is 2.72. The Balaban J connectivity index is 1.85. The minimum Gasteiger partial charge on any atom is -0.487 e. The summed E-state index contributed by atoms with van der Waals surface area (Å²) in [5, 5.41) is 9.94. The van der Waals surface area contributed by atoms with E-state index >= 15 is 0 Å². The topological polar surface area (TPSA) is 62.3 Å². The number of fused-ring (bicyclic) bond motifs is 1. The molecular formula is C16H12FNO3. The van der Waals surface area contributed by atoms with E-state index in [4.69, 9.17) is 9.84 Å². The van der Waals surface area contributed by atoms with Gasteiger partial charge in [0.25, 0.3) is 0 Å². The number of rotatable bonds is 4. The number of aromatic carboxylic acids is 1. The van der Waals surface area contributed by atoms with E-state index in [2.05, 4.69) is 4.98 Å². The number of benzene rings is 2. The fourth-order valence-corrected chi connectivity index (χ4v) is 2.19. The second-order valence-electron chi connectivity index (χ2n) is 4.62. The second-order valence-corrected chi connectivity index (χ2v) is 4.62. The van der Waals surface area contributed by atoms with Gasteiger partial charge in [0.1, 0.15) is 18.2 Å². The molecule has 0 amide bonds. The smallest absolute Gasteiger partial charge is 0.337 e. The van der Waals surface area contributed by atoms with Crippen LogP contribution in [0.15, 0.2) is 48.5 Å². The molecule has 0 aliphatic rings. The van der Waals surface area contributed by atoms with Gasteiger partial charge in [-0.3, -0.25) is 0 Å². The van der Waals surface area contributed by atoms with Crippen molar-refractivity contribution in [1.82, 2.24) is 4.98 Å². The molecule has 21 heavy (non-hydrogen) atoms. The first-order chi connectivity index (χ1) is 10.1. The Labute approximate surface area is 119 Å². The summed E-state index contributed by atoms with van der Waals surface area (Å²) in [5.41, 5.74) is 1.50. The molecule has 0 spiro atoms. The van der Waals surface area contributed by atoms with E-state index in [0.717, 1.165) is 11.1 Å². The summed E-state index contributed by atoms with van der Waals surface area (Å²) in [7, 11) is 0. The molecule has 3 aromatic rings. The van der Waals surface area contributed by atoms with Crippen LogP contribution in [-0.2, 0) is 6.61 Å². The summed E-state index contributed by atoms with van der Waals surface area (Å²) < 4.78 is 18.5. The van der Waals surface area contributed by atoms with Crippen molar-refractivity contribution in [2.45, 2.75) is 6.61 Å². The standard InChI is InChI=1S/C16H12FNO3/c17-11-4-2-5-13(8-11)21-9-12-7-10-3-1-6-14(16(19)20)15(10)18-12/h1-8,18H,9H2,(H,19,20). The van der Waals surface area contributed by atoms with E-state index in [1.54, 1.807) is 24.3 Å². The first-order valence-electron chi connectivity index (χ1n) is 6.36. The van der Waals surface area contributed by atoms with E-state index < -0.39 is 5.97 Å². The number of carbonyl (C=O) groups is 1. The van der Waals surface area contributed by atoms with Gasteiger partial charge < -0.3 is 14.8 Å². The predicted molar refractivity (Wildman–Crippen MR) is 76.0 cm³/mol. The van der Waals surface area contributed by atoms with E-state index in [1.807, 2.05) is 12.1 Å². The van der Waals surface area contributed by atoms with Crippen LogP contribution < -0.4 is 4.74 Å². The van der Waals surface area contributed by atoms with Crippen molar-refractivity contribution in [3.05, 3.63) is 65.6 Å². The van der Waals surface area contributed by atoms with Crippen LogP contribution in [0.2, 0.25) is 0 Å². The lowest BCUT2D eigenvalue weighted by molar-refractivity contribution is 0.0699. The van der Waals surface area contributed by atoms with Gasteiger partial charge >= 0.3 is 5.97 Å². The van der Waals surface area contributed by atoms with Crippen LogP contribution in [0.1, 0.15) is 16.1 Å². The average Bonchev–Trinajstić information content (AvgIpc) is 2.87. The number of para-hydroxylation sites is 1. The van der Waals surface area contributed by atoms with Crippen LogP contribution in [0, 0.1) is 5.82 Å². The van der Waals surface area contributed by atoms with Gasteiger partial charge in [0.15, 0.2) is 0 Å². The molecule has 2 N–H and O–H groups in total. The molecule has 0 unspecified atom stereocenters. The van der Waals surface area contributed by atoms with Gasteiger partial charge in [-0.05, 0) is 24.3 Å². The van der Waals surface area contributed by atoms with Crippen molar-refractivity contribution in [3.8, 4) is 5.75 Å². The molecule has 0 fully saturated rings. The minimum atomic E-state index is -0.986. The number of carboxylic acid groups (broad SMARTS) is 1. The Kier molecular flexibility index (Phi) is 3.31. The first kappa shape index (κ1) is 13.2. The Bertz CT molecular complexity index is 810. The maximum absolute atomic E-state index is 13.0. The van der Waals surface area contributed by atoms with Gasteiger partial charge in [-0.1, -0.05) is 18.2 Å². The summed E-state index contributed by atoms with van der Waals surface area (Å²) in [6, 6.07) is 12.7. The largest absolute Gasteiger partial charge is 0.487 e. The molecule has 0 saturated heterocycles. The van der Waals surface area contributed by atoms with Gasteiger partial charge in [0.2, 0.25) is 0 Å². The zero-order valence-corrected chi connectivity index (χ0v) is 11.0. The van der Waals surface area contributed by atoms with Gasteiger partial charge in [-0.2, -0.15) is 0 Å². The van der Waals surface area contributed by atoms with Crippen LogP contribution in [0.25, 0.3) is 10.9 Å². The summed E-state index contributed by atoms with van der Waals surface area (Å²) in [4.78, 5) is 14.2. The summed E-state index contributed by atoms with van der Waals surface area (Å²) in [6.07, 6.45) is 0. The molecule has 0 saturated carbocycles. The van der Waals surface area contributed by atoms with Crippen LogP contribution in [0.5, 0.6) is 5.75 Å². The lowest BCUT2D eigenvalue weighted by Gasteiger charge is -2.04. The average molecular weight is 285 g/mol. The van der Waals surface area contributed by atoms with Gasteiger partial charge in [-0.15, -0.1) is 0 Å². The van der Waals surface area contributed by atoms with Crippen molar-refractivity contribution < 1.29 is 19.0 Å². The fraction of sp³-hybridized carbons (Fsp3) is 0.0625. The number of hydrogen-bond acceptors (Lipinski definition) is 2. The molecule has 106 valence electrons. The second kappa shape index (κ2) is 5.28. The SMILES string of the molecule is O=C(O)c1cccc2cc(COc3cccc(F)c3)[nH]c12. The highest BCUT2D eigenvalue weighted by Crippen LogP contribution is 2.21. The number of nitrogens with one attached hydrogen (secondary N) is 1. The number of ether oxygens (including phenoxy) is 1. The van der Waals surface area contributed by atoms with Crippen molar-refractivity contribution in [3.63, 3.8) is 0 Å². The molecule has 5 heteroatoms. The highest BCUT2D eigenvalue weighted by molar-refractivity contribution is 6.02. The Hall–Kier alpha value is -2.82. The van der Waals surface area contributed by atoms with E-state index in [0.29, 0.717) is 11.3 Å². The zero-order chi connectivity index (χ0) is 14.8. The van der Waals surface area contributed by atoms with Crippen LogP contribution in [0.4, 0.5) is 4.39 Å². The van der Waals surface area contributed by atoms with E-state index in [1.165, 1.54) is 12.1 Å². The molecule has 1 heterocycles. The van der Waals surface area contributed by atoms with Gasteiger partial charge in [-0.25, -0.2) is 9.18 Å². The van der Waals surface area contributed by atoms with E-state index in [9.17, 15) is 9.18 Å². The molecule has 0 aliphatic carbocycles. The minimum absolute atomic E-state index is 0.206. The third-order valence-corrected chi connectivity index (χ3v) is 3.13. The summed E-state index contributed by atoms with van der Waals surface area (Å²) in [6.45, 7) is 0.206. The van der Waals surface area contributed by atoms with Crippen LogP contribution >= 0.6 is 0 Å².